The quantitative estimate of drug-likeness (QED) is 0.474. The van der Waals surface area contributed by atoms with Crippen molar-refractivity contribution in [1.82, 2.24) is 15.2 Å². The van der Waals surface area contributed by atoms with Gasteiger partial charge < -0.3 is 9.47 Å². The third-order valence-corrected chi connectivity index (χ3v) is 5.30. The van der Waals surface area contributed by atoms with E-state index in [9.17, 15) is 0 Å². The Balaban J connectivity index is 1.46. The van der Waals surface area contributed by atoms with Gasteiger partial charge in [0.2, 0.25) is 0 Å². The molecule has 0 radical (unpaired) electrons. The van der Waals surface area contributed by atoms with Gasteiger partial charge in [0.25, 0.3) is 0 Å². The minimum atomic E-state index is 0.423. The maximum atomic E-state index is 9.03. The Morgan fingerprint density at radius 2 is 2.00 bits per heavy atom. The van der Waals surface area contributed by atoms with E-state index in [-0.39, 0.29) is 0 Å². The number of aromatic amines is 1. The molecule has 1 aliphatic carbocycles. The van der Waals surface area contributed by atoms with Crippen molar-refractivity contribution in [2.45, 2.75) is 13.0 Å². The van der Waals surface area contributed by atoms with Gasteiger partial charge in [0.05, 0.1) is 30.1 Å². The largest absolute Gasteiger partial charge is 0.493 e. The summed E-state index contributed by atoms with van der Waals surface area (Å²) in [6.07, 6.45) is 4.29. The van der Waals surface area contributed by atoms with Crippen LogP contribution < -0.4 is 9.47 Å². The first-order chi connectivity index (χ1) is 14.8. The molecule has 0 unspecified atom stereocenters. The van der Waals surface area contributed by atoms with Crippen molar-refractivity contribution in [2.24, 2.45) is 0 Å². The van der Waals surface area contributed by atoms with E-state index in [1.807, 2.05) is 48.5 Å². The van der Waals surface area contributed by atoms with Gasteiger partial charge in [0.15, 0.2) is 11.5 Å². The number of hydrogen-bond donors (Lipinski definition) is 1. The number of fused-ring (bicyclic) bond motifs is 3. The summed E-state index contributed by atoms with van der Waals surface area (Å²) in [4.78, 5) is 4.13. The number of aromatic nitrogens is 3. The fourth-order valence-corrected chi connectivity index (χ4v) is 3.79. The zero-order valence-electron chi connectivity index (χ0n) is 16.3. The van der Waals surface area contributed by atoms with E-state index in [0.717, 1.165) is 45.6 Å². The Bertz CT molecular complexity index is 1260. The molecule has 0 bridgehead atoms. The molecule has 2 aromatic carbocycles. The minimum absolute atomic E-state index is 0.423. The molecule has 2 aromatic heterocycles. The summed E-state index contributed by atoms with van der Waals surface area (Å²) in [5.74, 6) is 1.39. The summed E-state index contributed by atoms with van der Waals surface area (Å²) in [5.41, 5.74) is 7.90. The van der Waals surface area contributed by atoms with Crippen molar-refractivity contribution >= 4 is 0 Å². The molecular weight excluding hydrogens is 376 g/mol. The van der Waals surface area contributed by atoms with E-state index in [2.05, 4.69) is 21.3 Å². The standard InChI is InChI=1S/C24H18N4O2/c1-29-21-11-19-18(10-22(21)30-14-16-3-2-8-26-13-16)9-20-23(27-28-24(19)20)17-6-4-15(12-25)5-7-17/h2-8,10-11,13H,9,14H2,1H3,(H,27,28). The van der Waals surface area contributed by atoms with Crippen molar-refractivity contribution in [3.05, 3.63) is 83.2 Å². The highest BCUT2D eigenvalue weighted by Gasteiger charge is 2.27. The molecule has 0 aliphatic heterocycles. The molecule has 0 amide bonds. The Morgan fingerprint density at radius 1 is 1.13 bits per heavy atom. The molecule has 0 saturated carbocycles. The second kappa shape index (κ2) is 7.37. The van der Waals surface area contributed by atoms with Gasteiger partial charge in [-0.25, -0.2) is 0 Å². The number of rotatable bonds is 5. The van der Waals surface area contributed by atoms with Gasteiger partial charge >= 0.3 is 0 Å². The van der Waals surface area contributed by atoms with E-state index < -0.39 is 0 Å². The normalized spacial score (nSPS) is 11.5. The van der Waals surface area contributed by atoms with Crippen LogP contribution in [0.25, 0.3) is 22.5 Å². The fourth-order valence-electron chi connectivity index (χ4n) is 3.79. The highest BCUT2D eigenvalue weighted by atomic mass is 16.5. The van der Waals surface area contributed by atoms with Crippen molar-refractivity contribution in [2.75, 3.05) is 7.11 Å². The SMILES string of the molecule is COc1cc2c(cc1OCc1cccnc1)Cc1c(-c3ccc(C#N)cc3)n[nH]c1-2. The highest BCUT2D eigenvalue weighted by molar-refractivity contribution is 5.82. The van der Waals surface area contributed by atoms with E-state index in [0.29, 0.717) is 23.7 Å². The summed E-state index contributed by atoms with van der Waals surface area (Å²) < 4.78 is 11.6. The minimum Gasteiger partial charge on any atom is -0.493 e. The first-order valence-electron chi connectivity index (χ1n) is 9.57. The molecular formula is C24H18N4O2. The molecule has 146 valence electrons. The summed E-state index contributed by atoms with van der Waals surface area (Å²) >= 11 is 0. The number of nitrogens with one attached hydrogen (secondary N) is 1. The Kier molecular flexibility index (Phi) is 4.41. The predicted octanol–water partition coefficient (Wildman–Crippen LogP) is 4.50. The number of pyridine rings is 1. The number of ether oxygens (including phenoxy) is 2. The van der Waals surface area contributed by atoms with Gasteiger partial charge in [-0.1, -0.05) is 18.2 Å². The molecule has 0 spiro atoms. The smallest absolute Gasteiger partial charge is 0.161 e. The summed E-state index contributed by atoms with van der Waals surface area (Å²) in [6.45, 7) is 0.423. The van der Waals surface area contributed by atoms with Crippen LogP contribution in [0.2, 0.25) is 0 Å². The highest BCUT2D eigenvalue weighted by Crippen LogP contribution is 2.44. The van der Waals surface area contributed by atoms with Crippen molar-refractivity contribution in [3.63, 3.8) is 0 Å². The molecule has 30 heavy (non-hydrogen) atoms. The van der Waals surface area contributed by atoms with Crippen molar-refractivity contribution in [3.8, 4) is 40.1 Å². The van der Waals surface area contributed by atoms with Gasteiger partial charge in [0.1, 0.15) is 6.61 Å². The van der Waals surface area contributed by atoms with Crippen LogP contribution in [0.1, 0.15) is 22.3 Å². The molecule has 0 atom stereocenters. The number of nitrogens with zero attached hydrogens (tertiary/aromatic N) is 3. The van der Waals surface area contributed by atoms with Gasteiger partial charge in [0, 0.05) is 41.1 Å². The maximum Gasteiger partial charge on any atom is 0.161 e. The van der Waals surface area contributed by atoms with Crippen LogP contribution in [-0.2, 0) is 13.0 Å². The van der Waals surface area contributed by atoms with Gasteiger partial charge in [-0.15, -0.1) is 0 Å². The third-order valence-electron chi connectivity index (χ3n) is 5.30. The third kappa shape index (κ3) is 3.07. The van der Waals surface area contributed by atoms with Crippen molar-refractivity contribution in [1.29, 1.82) is 5.26 Å². The predicted molar refractivity (Wildman–Crippen MR) is 112 cm³/mol. The Hall–Kier alpha value is -4.11. The number of benzene rings is 2. The van der Waals surface area contributed by atoms with E-state index in [1.54, 1.807) is 19.5 Å². The topological polar surface area (TPSA) is 83.8 Å². The number of nitriles is 1. The summed E-state index contributed by atoms with van der Waals surface area (Å²) in [5, 5.41) is 16.7. The van der Waals surface area contributed by atoms with E-state index >= 15 is 0 Å². The maximum absolute atomic E-state index is 9.03. The van der Waals surface area contributed by atoms with Crippen LogP contribution in [0.5, 0.6) is 11.5 Å². The molecule has 0 fully saturated rings. The molecule has 6 nitrogen and oxygen atoms in total. The van der Waals surface area contributed by atoms with Crippen molar-refractivity contribution < 1.29 is 9.47 Å². The average Bonchev–Trinajstić information content (AvgIpc) is 3.36. The molecule has 1 N–H and O–H groups in total. The summed E-state index contributed by atoms with van der Waals surface area (Å²) in [7, 11) is 1.64. The molecule has 2 heterocycles. The summed E-state index contributed by atoms with van der Waals surface area (Å²) in [6, 6.07) is 17.5. The second-order valence-electron chi connectivity index (χ2n) is 7.10. The second-order valence-corrected chi connectivity index (χ2v) is 7.10. The molecule has 1 aliphatic rings. The number of H-pyrrole nitrogens is 1. The zero-order valence-corrected chi connectivity index (χ0v) is 16.3. The van der Waals surface area contributed by atoms with Crippen LogP contribution in [0.15, 0.2) is 60.9 Å². The van der Waals surface area contributed by atoms with Gasteiger partial charge in [-0.05, 0) is 35.9 Å². The lowest BCUT2D eigenvalue weighted by atomic mass is 10.0. The molecule has 5 rings (SSSR count). The Labute approximate surface area is 173 Å². The zero-order chi connectivity index (χ0) is 20.5. The molecule has 4 aromatic rings. The fraction of sp³-hybridized carbons (Fsp3) is 0.125. The first kappa shape index (κ1) is 18.0. The van der Waals surface area contributed by atoms with Crippen LogP contribution in [-0.4, -0.2) is 22.3 Å². The van der Waals surface area contributed by atoms with Crippen LogP contribution in [0.4, 0.5) is 0 Å². The van der Waals surface area contributed by atoms with E-state index in [4.69, 9.17) is 14.7 Å². The van der Waals surface area contributed by atoms with Gasteiger partial charge in [-0.3, -0.25) is 10.1 Å². The molecule has 6 heteroatoms. The lowest BCUT2D eigenvalue weighted by Crippen LogP contribution is -1.99. The lowest BCUT2D eigenvalue weighted by molar-refractivity contribution is 0.284. The molecule has 0 saturated heterocycles. The van der Waals surface area contributed by atoms with Crippen LogP contribution in [0.3, 0.4) is 0 Å². The van der Waals surface area contributed by atoms with Crippen LogP contribution in [0, 0.1) is 11.3 Å². The number of methoxy groups -OCH3 is 1. The average molecular weight is 394 g/mol. The lowest BCUT2D eigenvalue weighted by Gasteiger charge is -2.13. The van der Waals surface area contributed by atoms with Gasteiger partial charge in [-0.2, -0.15) is 10.4 Å². The monoisotopic (exact) mass is 394 g/mol. The number of hydrogen-bond acceptors (Lipinski definition) is 5. The van der Waals surface area contributed by atoms with E-state index in [1.165, 1.54) is 0 Å². The Morgan fingerprint density at radius 3 is 2.73 bits per heavy atom. The van der Waals surface area contributed by atoms with Crippen LogP contribution >= 0.6 is 0 Å². The first-order valence-corrected chi connectivity index (χ1v) is 9.57.